The number of carbonyl (C=O) groups is 1. The van der Waals surface area contributed by atoms with Gasteiger partial charge in [-0.05, 0) is 12.1 Å². The molecule has 17 heavy (non-hydrogen) atoms. The number of methoxy groups -OCH3 is 1. The van der Waals surface area contributed by atoms with E-state index in [0.717, 1.165) is 6.07 Å². The average Bonchev–Trinajstić information content (AvgIpc) is 2.23. The molecule has 2 nitrogen and oxygen atoms in total. The van der Waals surface area contributed by atoms with Crippen LogP contribution < -0.4 is 0 Å². The van der Waals surface area contributed by atoms with Gasteiger partial charge in [0.15, 0.2) is 5.78 Å². The smallest absolute Gasteiger partial charge is 0.384 e. The second-order valence-electron chi connectivity index (χ2n) is 3.36. The monoisotopic (exact) mass is 250 g/mol. The van der Waals surface area contributed by atoms with E-state index in [4.69, 9.17) is 0 Å². The minimum Gasteiger partial charge on any atom is -0.384 e. The van der Waals surface area contributed by atoms with E-state index < -0.39 is 23.3 Å². The number of benzene rings is 1. The molecule has 1 aromatic carbocycles. The molecule has 0 spiro atoms. The molecular formula is C11H10F4O2. The van der Waals surface area contributed by atoms with Crippen LogP contribution in [0, 0.1) is 5.82 Å². The normalized spacial score (nSPS) is 11.6. The van der Waals surface area contributed by atoms with Crippen molar-refractivity contribution < 1.29 is 27.1 Å². The van der Waals surface area contributed by atoms with Crippen molar-refractivity contribution >= 4 is 5.78 Å². The van der Waals surface area contributed by atoms with Crippen LogP contribution in [0.25, 0.3) is 0 Å². The van der Waals surface area contributed by atoms with Crippen molar-refractivity contribution in [1.29, 1.82) is 0 Å². The molecule has 0 N–H and O–H groups in total. The first kappa shape index (κ1) is 13.6. The highest BCUT2D eigenvalue weighted by molar-refractivity contribution is 5.96. The van der Waals surface area contributed by atoms with Crippen LogP contribution in [0.3, 0.4) is 0 Å². The van der Waals surface area contributed by atoms with Crippen molar-refractivity contribution in [3.05, 3.63) is 35.1 Å². The Morgan fingerprint density at radius 2 is 2.00 bits per heavy atom. The Hall–Kier alpha value is -1.43. The first-order valence-electron chi connectivity index (χ1n) is 4.75. The maximum Gasteiger partial charge on any atom is 0.419 e. The van der Waals surface area contributed by atoms with Gasteiger partial charge in [-0.2, -0.15) is 13.2 Å². The Morgan fingerprint density at radius 3 is 2.47 bits per heavy atom. The van der Waals surface area contributed by atoms with E-state index in [2.05, 4.69) is 4.74 Å². The van der Waals surface area contributed by atoms with Crippen LogP contribution in [0.4, 0.5) is 17.6 Å². The quantitative estimate of drug-likeness (QED) is 0.606. The molecule has 0 aromatic heterocycles. The highest BCUT2D eigenvalue weighted by Crippen LogP contribution is 2.31. The largest absolute Gasteiger partial charge is 0.419 e. The summed E-state index contributed by atoms with van der Waals surface area (Å²) in [7, 11) is 1.39. The Labute approximate surface area is 95.2 Å². The second kappa shape index (κ2) is 5.27. The van der Waals surface area contributed by atoms with Gasteiger partial charge in [0.1, 0.15) is 5.82 Å². The third kappa shape index (κ3) is 3.52. The minimum atomic E-state index is -4.75. The van der Waals surface area contributed by atoms with Crippen LogP contribution >= 0.6 is 0 Å². The fraction of sp³-hybridized carbons (Fsp3) is 0.364. The summed E-state index contributed by atoms with van der Waals surface area (Å²) in [6.45, 7) is 0.140. The predicted molar refractivity (Wildman–Crippen MR) is 52.2 cm³/mol. The Morgan fingerprint density at radius 1 is 1.35 bits per heavy atom. The summed E-state index contributed by atoms with van der Waals surface area (Å²) in [5, 5.41) is 0. The maximum atomic E-state index is 13.1. The van der Waals surface area contributed by atoms with E-state index >= 15 is 0 Å². The molecule has 1 rings (SSSR count). The minimum absolute atomic E-state index is 0.00129. The summed E-state index contributed by atoms with van der Waals surface area (Å²) >= 11 is 0. The Bertz CT molecular complexity index is 412. The predicted octanol–water partition coefficient (Wildman–Crippen LogP) is 3.06. The number of rotatable bonds is 4. The molecule has 0 saturated heterocycles. The van der Waals surface area contributed by atoms with Gasteiger partial charge in [-0.1, -0.05) is 6.07 Å². The molecule has 0 heterocycles. The number of alkyl halides is 3. The molecule has 0 atom stereocenters. The average molecular weight is 250 g/mol. The second-order valence-corrected chi connectivity index (χ2v) is 3.36. The number of ether oxygens (including phenoxy) is 1. The van der Waals surface area contributed by atoms with Crippen molar-refractivity contribution in [1.82, 2.24) is 0 Å². The van der Waals surface area contributed by atoms with Crippen molar-refractivity contribution in [3.8, 4) is 0 Å². The zero-order valence-corrected chi connectivity index (χ0v) is 8.97. The van der Waals surface area contributed by atoms with Crippen LogP contribution in [0.1, 0.15) is 22.3 Å². The van der Waals surface area contributed by atoms with E-state index in [1.165, 1.54) is 7.11 Å². The number of carbonyl (C=O) groups excluding carboxylic acids is 1. The number of hydrogen-bond donors (Lipinski definition) is 0. The fourth-order valence-electron chi connectivity index (χ4n) is 1.26. The zero-order valence-electron chi connectivity index (χ0n) is 8.97. The van der Waals surface area contributed by atoms with Crippen molar-refractivity contribution in [2.75, 3.05) is 13.7 Å². The van der Waals surface area contributed by atoms with E-state index in [9.17, 15) is 22.4 Å². The molecule has 0 aliphatic carbocycles. The summed E-state index contributed by atoms with van der Waals surface area (Å²) in [6, 6.07) is 2.13. The van der Waals surface area contributed by atoms with Crippen molar-refractivity contribution in [2.24, 2.45) is 0 Å². The summed E-state index contributed by atoms with van der Waals surface area (Å²) in [5.74, 6) is -1.90. The molecular weight excluding hydrogens is 240 g/mol. The Balaban J connectivity index is 2.93. The number of Topliss-reactive ketones (excluding diaryl/α,β-unsaturated/α-hetero) is 1. The van der Waals surface area contributed by atoms with E-state index in [-0.39, 0.29) is 18.6 Å². The number of halogens is 4. The molecule has 0 amide bonds. The van der Waals surface area contributed by atoms with Gasteiger partial charge in [0.2, 0.25) is 0 Å². The van der Waals surface area contributed by atoms with Gasteiger partial charge in [-0.25, -0.2) is 4.39 Å². The highest BCUT2D eigenvalue weighted by Gasteiger charge is 2.34. The van der Waals surface area contributed by atoms with Gasteiger partial charge in [0.05, 0.1) is 12.2 Å². The van der Waals surface area contributed by atoms with Crippen molar-refractivity contribution in [2.45, 2.75) is 12.6 Å². The first-order valence-corrected chi connectivity index (χ1v) is 4.75. The summed E-state index contributed by atoms with van der Waals surface area (Å²) in [6.07, 6.45) is -4.75. The lowest BCUT2D eigenvalue weighted by atomic mass is 10.1. The topological polar surface area (TPSA) is 26.3 Å². The molecule has 0 aliphatic heterocycles. The molecule has 6 heteroatoms. The standard InChI is InChI=1S/C11H10F4O2/c1-17-5-4-10(16)7-2-3-8(9(12)6-7)11(13,14)15/h2-3,6H,4-5H2,1H3. The van der Waals surface area contributed by atoms with E-state index in [1.54, 1.807) is 0 Å². The molecule has 94 valence electrons. The molecule has 0 radical (unpaired) electrons. The van der Waals surface area contributed by atoms with Gasteiger partial charge in [-0.3, -0.25) is 4.79 Å². The van der Waals surface area contributed by atoms with Gasteiger partial charge < -0.3 is 4.74 Å². The van der Waals surface area contributed by atoms with Crippen molar-refractivity contribution in [3.63, 3.8) is 0 Å². The van der Waals surface area contributed by atoms with E-state index in [0.29, 0.717) is 12.1 Å². The maximum absolute atomic E-state index is 13.1. The number of hydrogen-bond acceptors (Lipinski definition) is 2. The molecule has 0 aliphatic rings. The third-order valence-electron chi connectivity index (χ3n) is 2.13. The molecule has 0 unspecified atom stereocenters. The summed E-state index contributed by atoms with van der Waals surface area (Å²) in [5.41, 5.74) is -1.46. The highest BCUT2D eigenvalue weighted by atomic mass is 19.4. The fourth-order valence-corrected chi connectivity index (χ4v) is 1.26. The molecule has 0 fully saturated rings. The molecule has 1 aromatic rings. The van der Waals surface area contributed by atoms with Crippen LogP contribution in [0.15, 0.2) is 18.2 Å². The van der Waals surface area contributed by atoms with Gasteiger partial charge >= 0.3 is 6.18 Å². The first-order chi connectivity index (χ1) is 7.86. The van der Waals surface area contributed by atoms with Crippen LogP contribution in [-0.4, -0.2) is 19.5 Å². The van der Waals surface area contributed by atoms with Crippen LogP contribution in [0.5, 0.6) is 0 Å². The molecule has 0 saturated carbocycles. The van der Waals surface area contributed by atoms with E-state index in [1.807, 2.05) is 0 Å². The number of ketones is 1. The van der Waals surface area contributed by atoms with Gasteiger partial charge in [-0.15, -0.1) is 0 Å². The Kier molecular flexibility index (Phi) is 4.22. The third-order valence-corrected chi connectivity index (χ3v) is 2.13. The van der Waals surface area contributed by atoms with Gasteiger partial charge in [0.25, 0.3) is 0 Å². The molecule has 0 bridgehead atoms. The van der Waals surface area contributed by atoms with Crippen LogP contribution in [0.2, 0.25) is 0 Å². The zero-order chi connectivity index (χ0) is 13.1. The summed E-state index contributed by atoms with van der Waals surface area (Å²) in [4.78, 5) is 11.4. The lowest BCUT2D eigenvalue weighted by Crippen LogP contribution is -2.10. The lowest BCUT2D eigenvalue weighted by Gasteiger charge is -2.08. The van der Waals surface area contributed by atoms with Gasteiger partial charge in [0, 0.05) is 19.1 Å². The lowest BCUT2D eigenvalue weighted by molar-refractivity contribution is -0.140. The SMILES string of the molecule is COCCC(=O)c1ccc(C(F)(F)F)c(F)c1. The van der Waals surface area contributed by atoms with Crippen LogP contribution in [-0.2, 0) is 10.9 Å². The summed E-state index contributed by atoms with van der Waals surface area (Å²) < 4.78 is 54.5.